The predicted octanol–water partition coefficient (Wildman–Crippen LogP) is 4.36. The lowest BCUT2D eigenvalue weighted by atomic mass is 10.0. The van der Waals surface area contributed by atoms with Gasteiger partial charge >= 0.3 is 5.97 Å². The highest BCUT2D eigenvalue weighted by Crippen LogP contribution is 2.12. The average Bonchev–Trinajstić information content (AvgIpc) is 2.53. The number of aliphatic carboxylic acids is 1. The van der Waals surface area contributed by atoms with E-state index in [1.54, 1.807) is 0 Å². The molecule has 2 N–H and O–H groups in total. The Balaban J connectivity index is 2.96. The topological polar surface area (TPSA) is 104 Å². The third kappa shape index (κ3) is 21.2. The minimum atomic E-state index is -0.692. The van der Waals surface area contributed by atoms with Crippen molar-refractivity contribution in [3.8, 4) is 0 Å². The number of carboxylic acids is 1. The van der Waals surface area contributed by atoms with E-state index in [4.69, 9.17) is 10.4 Å². The summed E-state index contributed by atoms with van der Waals surface area (Å²) in [5, 5.41) is 30.7. The third-order valence-corrected chi connectivity index (χ3v) is 3.50. The van der Waals surface area contributed by atoms with E-state index in [2.05, 4.69) is 25.0 Å². The fourth-order valence-corrected chi connectivity index (χ4v) is 2.28. The molecule has 0 aromatic carbocycles. The van der Waals surface area contributed by atoms with Gasteiger partial charge in [0.2, 0.25) is 0 Å². The van der Waals surface area contributed by atoms with Gasteiger partial charge in [0.15, 0.2) is 0 Å². The Kier molecular flexibility index (Phi) is 18.6. The quantitative estimate of drug-likeness (QED) is 0.203. The van der Waals surface area contributed by atoms with Gasteiger partial charge < -0.3 is 5.11 Å². The van der Waals surface area contributed by atoms with E-state index in [0.717, 1.165) is 38.5 Å². The number of rotatable bonds is 19. The summed E-state index contributed by atoms with van der Waals surface area (Å²) in [7, 11) is 0. The van der Waals surface area contributed by atoms with Crippen LogP contribution in [0.1, 0.15) is 83.5 Å². The van der Waals surface area contributed by atoms with Crippen molar-refractivity contribution in [2.24, 2.45) is 0 Å². The van der Waals surface area contributed by atoms with Gasteiger partial charge in [-0.1, -0.05) is 64.2 Å². The number of hydrogen-bond donors (Lipinski definition) is 2. The first kappa shape index (κ1) is 22.2. The zero-order chi connectivity index (χ0) is 17.0. The van der Waals surface area contributed by atoms with E-state index in [9.17, 15) is 4.79 Å². The van der Waals surface area contributed by atoms with Crippen molar-refractivity contribution in [3.63, 3.8) is 0 Å². The summed E-state index contributed by atoms with van der Waals surface area (Å²) in [6.07, 6.45) is 13.8. The molecular weight excluding hydrogens is 308 g/mol. The predicted molar refractivity (Wildman–Crippen MR) is 80.6 cm³/mol. The second-order valence-electron chi connectivity index (χ2n) is 5.49. The molecule has 0 unspecified atom stereocenters. The Morgan fingerprint density at radius 1 is 0.652 bits per heavy atom. The molecule has 0 aliphatic rings. The molecule has 0 saturated heterocycles. The zero-order valence-corrected chi connectivity index (χ0v) is 13.7. The Morgan fingerprint density at radius 2 is 1.13 bits per heavy atom. The first-order valence-electron chi connectivity index (χ1n) is 8.42. The summed E-state index contributed by atoms with van der Waals surface area (Å²) in [5.41, 5.74) is 0. The van der Waals surface area contributed by atoms with Crippen molar-refractivity contribution in [2.45, 2.75) is 83.5 Å². The van der Waals surface area contributed by atoms with Crippen molar-refractivity contribution in [1.82, 2.24) is 0 Å². The Hall–Kier alpha value is -0.770. The van der Waals surface area contributed by atoms with Gasteiger partial charge in [0.25, 0.3) is 0 Å². The monoisotopic (exact) mass is 338 g/mol. The number of unbranched alkanes of at least 4 members (excludes halogenated alkanes) is 11. The van der Waals surface area contributed by atoms with Crippen LogP contribution in [0.2, 0.25) is 0 Å². The lowest BCUT2D eigenvalue weighted by Crippen LogP contribution is -1.99. The Bertz CT molecular complexity index is 250. The maximum Gasteiger partial charge on any atom is 0.303 e. The molecular formula is C15H30O8. The van der Waals surface area contributed by atoms with Gasteiger partial charge in [-0.15, -0.1) is 0 Å². The molecule has 0 amide bonds. The number of carboxylic acid groups (broad SMARTS) is 1. The second-order valence-corrected chi connectivity index (χ2v) is 5.49. The molecule has 0 aliphatic carbocycles. The van der Waals surface area contributed by atoms with Crippen LogP contribution in [0.3, 0.4) is 0 Å². The van der Waals surface area contributed by atoms with E-state index in [0.29, 0.717) is 13.0 Å². The lowest BCUT2D eigenvalue weighted by Gasteiger charge is -2.03. The van der Waals surface area contributed by atoms with E-state index >= 15 is 0 Å². The minimum Gasteiger partial charge on any atom is -0.481 e. The van der Waals surface area contributed by atoms with Crippen LogP contribution >= 0.6 is 0 Å². The van der Waals surface area contributed by atoms with Crippen molar-refractivity contribution in [1.29, 1.82) is 0 Å². The molecule has 8 nitrogen and oxygen atoms in total. The van der Waals surface area contributed by atoms with E-state index < -0.39 is 5.97 Å². The molecule has 0 atom stereocenters. The van der Waals surface area contributed by atoms with Crippen molar-refractivity contribution < 1.29 is 40.2 Å². The molecule has 0 bridgehead atoms. The summed E-state index contributed by atoms with van der Waals surface area (Å²) in [6, 6.07) is 0. The van der Waals surface area contributed by atoms with Gasteiger partial charge in [0, 0.05) is 6.42 Å². The molecule has 0 aromatic rings. The fraction of sp³-hybridized carbons (Fsp3) is 0.933. The van der Waals surface area contributed by atoms with Crippen LogP contribution in [0.15, 0.2) is 0 Å². The van der Waals surface area contributed by atoms with E-state index in [1.807, 2.05) is 0 Å². The normalized spacial score (nSPS) is 11.0. The molecule has 0 heterocycles. The summed E-state index contributed by atoms with van der Waals surface area (Å²) in [5.74, 6) is -0.692. The first-order chi connectivity index (χ1) is 11.3. The molecule has 138 valence electrons. The highest BCUT2D eigenvalue weighted by atomic mass is 17.8. The number of hydrogen-bond acceptors (Lipinski definition) is 7. The smallest absolute Gasteiger partial charge is 0.303 e. The summed E-state index contributed by atoms with van der Waals surface area (Å²) < 4.78 is 0. The molecule has 0 aromatic heterocycles. The maximum atomic E-state index is 10.3. The SMILES string of the molecule is O=C(O)CCCCCCCCCCCCCCOOOOOO. The standard InChI is InChI=1S/C15H30O8/c16-15(17)13-11-9-7-5-3-1-2-4-6-8-10-12-14-19-21-23-22-20-18/h18H,1-14H2,(H,16,17). The van der Waals surface area contributed by atoms with E-state index in [1.165, 1.54) is 38.5 Å². The van der Waals surface area contributed by atoms with Gasteiger partial charge in [-0.2, -0.15) is 0 Å². The summed E-state index contributed by atoms with van der Waals surface area (Å²) in [4.78, 5) is 14.9. The van der Waals surface area contributed by atoms with Gasteiger partial charge in [-0.3, -0.25) is 4.79 Å². The highest BCUT2D eigenvalue weighted by molar-refractivity contribution is 5.66. The van der Waals surface area contributed by atoms with Crippen LogP contribution in [-0.2, 0) is 29.8 Å². The zero-order valence-electron chi connectivity index (χ0n) is 13.7. The molecule has 0 aliphatic heterocycles. The van der Waals surface area contributed by atoms with Gasteiger partial charge in [0.1, 0.15) is 0 Å². The molecule has 0 spiro atoms. The van der Waals surface area contributed by atoms with Gasteiger partial charge in [0.05, 0.1) is 6.61 Å². The summed E-state index contributed by atoms with van der Waals surface area (Å²) >= 11 is 0. The minimum absolute atomic E-state index is 0.301. The second kappa shape index (κ2) is 19.3. The van der Waals surface area contributed by atoms with Gasteiger partial charge in [-0.05, 0) is 33.0 Å². The number of carbonyl (C=O) groups is 1. The van der Waals surface area contributed by atoms with Crippen molar-refractivity contribution in [3.05, 3.63) is 0 Å². The van der Waals surface area contributed by atoms with Crippen LogP contribution in [-0.4, -0.2) is 22.9 Å². The first-order valence-corrected chi connectivity index (χ1v) is 8.42. The third-order valence-electron chi connectivity index (χ3n) is 3.50. The average molecular weight is 338 g/mol. The molecule has 0 fully saturated rings. The summed E-state index contributed by atoms with van der Waals surface area (Å²) in [6.45, 7) is 0.386. The molecule has 23 heavy (non-hydrogen) atoms. The Morgan fingerprint density at radius 3 is 1.61 bits per heavy atom. The molecule has 8 heteroatoms. The largest absolute Gasteiger partial charge is 0.481 e. The van der Waals surface area contributed by atoms with Crippen molar-refractivity contribution >= 4 is 5.97 Å². The molecule has 0 rings (SSSR count). The van der Waals surface area contributed by atoms with Crippen LogP contribution in [0, 0.1) is 0 Å². The molecule has 0 radical (unpaired) electrons. The highest BCUT2D eigenvalue weighted by Gasteiger charge is 1.97. The van der Waals surface area contributed by atoms with Crippen LogP contribution in [0.25, 0.3) is 0 Å². The maximum absolute atomic E-state index is 10.3. The molecule has 0 saturated carbocycles. The van der Waals surface area contributed by atoms with Crippen molar-refractivity contribution in [2.75, 3.05) is 6.61 Å². The van der Waals surface area contributed by atoms with E-state index in [-0.39, 0.29) is 0 Å². The van der Waals surface area contributed by atoms with Crippen LogP contribution < -0.4 is 0 Å². The fourth-order valence-electron chi connectivity index (χ4n) is 2.28. The van der Waals surface area contributed by atoms with Crippen LogP contribution in [0.4, 0.5) is 0 Å². The van der Waals surface area contributed by atoms with Gasteiger partial charge in [-0.25, -0.2) is 10.1 Å². The Labute approximate surface area is 137 Å². The van der Waals surface area contributed by atoms with Crippen LogP contribution in [0.5, 0.6) is 0 Å². The lowest BCUT2D eigenvalue weighted by molar-refractivity contribution is -0.753.